The van der Waals surface area contributed by atoms with E-state index in [4.69, 9.17) is 0 Å². The minimum absolute atomic E-state index is 0.331. The zero-order valence-electron chi connectivity index (χ0n) is 17.8. The summed E-state index contributed by atoms with van der Waals surface area (Å²) in [6, 6.07) is 9.21. The van der Waals surface area contributed by atoms with Gasteiger partial charge in [0.25, 0.3) is 5.91 Å². The maximum Gasteiger partial charge on any atom is 0.325 e. The van der Waals surface area contributed by atoms with E-state index in [0.29, 0.717) is 23.4 Å². The Morgan fingerprint density at radius 1 is 1.22 bits per heavy atom. The van der Waals surface area contributed by atoms with Gasteiger partial charge in [-0.3, -0.25) is 14.5 Å². The fourth-order valence-electron chi connectivity index (χ4n) is 4.97. The highest BCUT2D eigenvalue weighted by Crippen LogP contribution is 2.42. The zero-order chi connectivity index (χ0) is 22.6. The number of nitrogens with one attached hydrogen (secondary N) is 1. The average molecular weight is 452 g/mol. The molecule has 6 nitrogen and oxygen atoms in total. The van der Waals surface area contributed by atoms with Gasteiger partial charge in [-0.05, 0) is 68.8 Å². The molecule has 3 aromatic rings. The lowest BCUT2D eigenvalue weighted by Gasteiger charge is -2.31. The van der Waals surface area contributed by atoms with Gasteiger partial charge in [-0.1, -0.05) is 6.07 Å². The van der Waals surface area contributed by atoms with E-state index in [1.807, 2.05) is 18.4 Å². The van der Waals surface area contributed by atoms with Gasteiger partial charge in [0.05, 0.1) is 6.54 Å². The van der Waals surface area contributed by atoms with Crippen LogP contribution in [0.5, 0.6) is 0 Å². The number of thiophene rings is 1. The summed E-state index contributed by atoms with van der Waals surface area (Å²) < 4.78 is 15.5. The number of rotatable bonds is 4. The molecule has 0 bridgehead atoms. The Kier molecular flexibility index (Phi) is 4.78. The van der Waals surface area contributed by atoms with Crippen LogP contribution < -0.4 is 5.32 Å². The van der Waals surface area contributed by atoms with Gasteiger partial charge < -0.3 is 9.88 Å². The van der Waals surface area contributed by atoms with Gasteiger partial charge in [-0.2, -0.15) is 0 Å². The van der Waals surface area contributed by atoms with Crippen molar-refractivity contribution >= 4 is 29.1 Å². The summed E-state index contributed by atoms with van der Waals surface area (Å²) in [6.07, 6.45) is 2.22. The molecule has 1 saturated heterocycles. The Labute approximate surface area is 188 Å². The summed E-state index contributed by atoms with van der Waals surface area (Å²) in [4.78, 5) is 41.5. The van der Waals surface area contributed by atoms with E-state index < -0.39 is 11.6 Å². The van der Waals surface area contributed by atoms with E-state index in [1.165, 1.54) is 12.1 Å². The van der Waals surface area contributed by atoms with Crippen LogP contribution >= 0.6 is 11.3 Å². The molecule has 8 heteroatoms. The van der Waals surface area contributed by atoms with Crippen molar-refractivity contribution in [3.05, 3.63) is 75.0 Å². The van der Waals surface area contributed by atoms with E-state index >= 15 is 0 Å². The highest BCUT2D eigenvalue weighted by atomic mass is 32.1. The number of Topliss-reactive ketones (excluding diaryl/α,β-unsaturated/α-hetero) is 1. The molecule has 164 valence electrons. The summed E-state index contributed by atoms with van der Waals surface area (Å²) in [5.41, 5.74) is 2.21. The van der Waals surface area contributed by atoms with Crippen molar-refractivity contribution in [2.75, 3.05) is 6.54 Å². The first-order valence-corrected chi connectivity index (χ1v) is 11.4. The number of urea groups is 1. The van der Waals surface area contributed by atoms with Crippen LogP contribution in [-0.4, -0.2) is 33.7 Å². The van der Waals surface area contributed by atoms with Gasteiger partial charge in [0.2, 0.25) is 0 Å². The van der Waals surface area contributed by atoms with Crippen molar-refractivity contribution in [2.45, 2.75) is 38.6 Å². The normalized spacial score (nSPS) is 20.0. The third kappa shape index (κ3) is 3.01. The highest BCUT2D eigenvalue weighted by Gasteiger charge is 2.54. The largest absolute Gasteiger partial charge is 0.325 e. The fraction of sp³-hybridized carbons (Fsp3) is 0.292. The summed E-state index contributed by atoms with van der Waals surface area (Å²) in [5, 5.41) is 4.81. The van der Waals surface area contributed by atoms with Gasteiger partial charge in [0.15, 0.2) is 5.78 Å². The number of imide groups is 1. The van der Waals surface area contributed by atoms with Crippen molar-refractivity contribution in [1.29, 1.82) is 0 Å². The number of aromatic nitrogens is 1. The third-order valence-electron chi connectivity index (χ3n) is 6.44. The lowest BCUT2D eigenvalue weighted by Crippen LogP contribution is -2.46. The maximum atomic E-state index is 13.7. The lowest BCUT2D eigenvalue weighted by atomic mass is 9.80. The summed E-state index contributed by atoms with van der Waals surface area (Å²) in [6.45, 7) is 3.27. The SMILES string of the molecule is Cc1cc(C(=O)CN2C(=O)N[C@@]3(CCCc4sccc43)C2=O)c(C)n1-c1cccc(F)c1. The van der Waals surface area contributed by atoms with Gasteiger partial charge in [-0.15, -0.1) is 11.3 Å². The van der Waals surface area contributed by atoms with Crippen molar-refractivity contribution in [1.82, 2.24) is 14.8 Å². The van der Waals surface area contributed by atoms with Gasteiger partial charge in [0, 0.05) is 33.1 Å². The molecule has 2 aromatic heterocycles. The van der Waals surface area contributed by atoms with Crippen molar-refractivity contribution in [2.24, 2.45) is 0 Å². The van der Waals surface area contributed by atoms with Crippen LogP contribution in [0.25, 0.3) is 5.69 Å². The number of benzene rings is 1. The molecule has 1 aromatic carbocycles. The van der Waals surface area contributed by atoms with E-state index in [0.717, 1.165) is 33.9 Å². The molecule has 3 heterocycles. The number of hydrogen-bond donors (Lipinski definition) is 1. The summed E-state index contributed by atoms with van der Waals surface area (Å²) in [7, 11) is 0. The molecule has 0 radical (unpaired) electrons. The van der Waals surface area contributed by atoms with Crippen LogP contribution in [0, 0.1) is 19.7 Å². The molecule has 1 N–H and O–H groups in total. The predicted octanol–water partition coefficient (Wildman–Crippen LogP) is 4.26. The number of aryl methyl sites for hydroxylation is 2. The maximum absolute atomic E-state index is 13.7. The summed E-state index contributed by atoms with van der Waals surface area (Å²) in [5.74, 6) is -1.07. The molecular weight excluding hydrogens is 429 g/mol. The second-order valence-electron chi connectivity index (χ2n) is 8.36. The molecule has 2 aliphatic rings. The first kappa shape index (κ1) is 20.6. The first-order valence-electron chi connectivity index (χ1n) is 10.5. The van der Waals surface area contributed by atoms with E-state index in [9.17, 15) is 18.8 Å². The Morgan fingerprint density at radius 3 is 2.81 bits per heavy atom. The minimum atomic E-state index is -1.07. The van der Waals surface area contributed by atoms with E-state index in [1.54, 1.807) is 41.0 Å². The topological polar surface area (TPSA) is 71.4 Å². The molecule has 1 aliphatic heterocycles. The molecule has 1 fully saturated rings. The average Bonchev–Trinajstić information content (AvgIpc) is 3.41. The zero-order valence-corrected chi connectivity index (χ0v) is 18.6. The standard InChI is InChI=1S/C24H22FN3O3S/c1-14-11-18(15(2)28(14)17-6-3-5-16(25)12-17)20(29)13-27-22(30)24(26-23(27)31)9-4-7-21-19(24)8-10-32-21/h3,5-6,8,10-12H,4,7,9,13H2,1-2H3,(H,26,31)/t24-/m1/s1. The van der Waals surface area contributed by atoms with Crippen molar-refractivity contribution in [3.8, 4) is 5.69 Å². The molecule has 1 spiro atoms. The highest BCUT2D eigenvalue weighted by molar-refractivity contribution is 7.10. The predicted molar refractivity (Wildman–Crippen MR) is 119 cm³/mol. The van der Waals surface area contributed by atoms with Crippen LogP contribution in [0.1, 0.15) is 45.0 Å². The first-order chi connectivity index (χ1) is 15.3. The molecular formula is C24H22FN3O3S. The van der Waals surface area contributed by atoms with E-state index in [-0.39, 0.29) is 24.1 Å². The molecule has 32 heavy (non-hydrogen) atoms. The Bertz CT molecular complexity index is 1280. The van der Waals surface area contributed by atoms with Crippen molar-refractivity contribution in [3.63, 3.8) is 0 Å². The van der Waals surface area contributed by atoms with E-state index in [2.05, 4.69) is 5.32 Å². The Hall–Kier alpha value is -3.26. The lowest BCUT2D eigenvalue weighted by molar-refractivity contribution is -0.131. The van der Waals surface area contributed by atoms with Crippen LogP contribution in [0.4, 0.5) is 9.18 Å². The number of nitrogens with zero attached hydrogens (tertiary/aromatic N) is 2. The molecule has 5 rings (SSSR count). The molecule has 3 amide bonds. The number of fused-ring (bicyclic) bond motifs is 2. The summed E-state index contributed by atoms with van der Waals surface area (Å²) >= 11 is 1.59. The molecule has 1 atom stereocenters. The van der Waals surface area contributed by atoms with Crippen LogP contribution in [-0.2, 0) is 16.8 Å². The van der Waals surface area contributed by atoms with Crippen LogP contribution in [0.15, 0.2) is 41.8 Å². The van der Waals surface area contributed by atoms with Crippen LogP contribution in [0.2, 0.25) is 0 Å². The van der Waals surface area contributed by atoms with Crippen LogP contribution in [0.3, 0.4) is 0 Å². The van der Waals surface area contributed by atoms with Crippen molar-refractivity contribution < 1.29 is 18.8 Å². The van der Waals surface area contributed by atoms with Gasteiger partial charge in [-0.25, -0.2) is 9.18 Å². The quantitative estimate of drug-likeness (QED) is 0.476. The minimum Gasteiger partial charge on any atom is -0.319 e. The molecule has 0 saturated carbocycles. The van der Waals surface area contributed by atoms with Gasteiger partial charge in [0.1, 0.15) is 11.4 Å². The number of halogens is 1. The number of carbonyl (C=O) groups is 3. The second kappa shape index (κ2) is 7.41. The number of carbonyl (C=O) groups excluding carboxylic acids is 3. The monoisotopic (exact) mass is 451 g/mol. The molecule has 0 unspecified atom stereocenters. The number of amides is 3. The Morgan fingerprint density at radius 2 is 2.03 bits per heavy atom. The third-order valence-corrected chi connectivity index (χ3v) is 7.42. The molecule has 1 aliphatic carbocycles. The smallest absolute Gasteiger partial charge is 0.319 e. The number of ketones is 1. The van der Waals surface area contributed by atoms with Gasteiger partial charge >= 0.3 is 6.03 Å². The second-order valence-corrected chi connectivity index (χ2v) is 9.36. The number of hydrogen-bond acceptors (Lipinski definition) is 4. The Balaban J connectivity index is 1.44. The fourth-order valence-corrected chi connectivity index (χ4v) is 5.97.